The summed E-state index contributed by atoms with van der Waals surface area (Å²) in [6.07, 6.45) is -0.149. The quantitative estimate of drug-likeness (QED) is 0.324. The molecule has 4 aromatic rings. The molecule has 1 aromatic carbocycles. The third-order valence-electron chi connectivity index (χ3n) is 5.79. The predicted molar refractivity (Wildman–Crippen MR) is 131 cm³/mol. The van der Waals surface area contributed by atoms with Crippen LogP contribution in [-0.4, -0.2) is 41.3 Å². The molecule has 11 heteroatoms. The van der Waals surface area contributed by atoms with E-state index in [-0.39, 0.29) is 17.9 Å². The molecule has 0 atom stereocenters. The summed E-state index contributed by atoms with van der Waals surface area (Å²) in [5.74, 6) is 1.34. The molecule has 36 heavy (non-hydrogen) atoms. The van der Waals surface area contributed by atoms with Crippen molar-refractivity contribution in [2.45, 2.75) is 59.4 Å². The Bertz CT molecular complexity index is 1340. The van der Waals surface area contributed by atoms with Crippen molar-refractivity contribution >= 4 is 5.95 Å². The van der Waals surface area contributed by atoms with E-state index in [9.17, 15) is 13.2 Å². The summed E-state index contributed by atoms with van der Waals surface area (Å²) < 4.78 is 43.1. The second kappa shape index (κ2) is 9.71. The van der Waals surface area contributed by atoms with Crippen molar-refractivity contribution in [3.8, 4) is 22.9 Å². The van der Waals surface area contributed by atoms with Crippen molar-refractivity contribution < 1.29 is 13.2 Å². The molecular weight excluding hydrogens is 469 g/mol. The van der Waals surface area contributed by atoms with Gasteiger partial charge in [0.15, 0.2) is 11.5 Å². The second-order valence-electron chi connectivity index (χ2n) is 9.33. The zero-order valence-electron chi connectivity index (χ0n) is 21.1. The maximum Gasteiger partial charge on any atom is 0.434 e. The van der Waals surface area contributed by atoms with Crippen LogP contribution in [0, 0.1) is 6.92 Å². The number of aryl methyl sites for hydroxylation is 1. The first kappa shape index (κ1) is 25.3. The second-order valence-corrected chi connectivity index (χ2v) is 9.33. The molecule has 0 amide bonds. The van der Waals surface area contributed by atoms with Gasteiger partial charge in [0.05, 0.1) is 6.20 Å². The molecule has 3 aromatic heterocycles. The van der Waals surface area contributed by atoms with Gasteiger partial charge in [0.25, 0.3) is 0 Å². The van der Waals surface area contributed by atoms with E-state index in [2.05, 4.69) is 25.0 Å². The molecule has 190 valence electrons. The van der Waals surface area contributed by atoms with E-state index in [0.29, 0.717) is 23.9 Å². The van der Waals surface area contributed by atoms with Crippen LogP contribution in [0.15, 0.2) is 43.0 Å². The lowest BCUT2D eigenvalue weighted by molar-refractivity contribution is -0.140. The number of halogens is 3. The molecule has 8 nitrogen and oxygen atoms in total. The lowest BCUT2D eigenvalue weighted by Gasteiger charge is -2.18. The Labute approximate surface area is 207 Å². The summed E-state index contributed by atoms with van der Waals surface area (Å²) in [5.41, 5.74) is 2.50. The van der Waals surface area contributed by atoms with Crippen molar-refractivity contribution in [1.29, 1.82) is 0 Å². The van der Waals surface area contributed by atoms with Gasteiger partial charge in [0.1, 0.15) is 17.8 Å². The molecule has 3 heterocycles. The number of hydrogen-bond donors (Lipinski definition) is 0. The minimum absolute atomic E-state index is 0.156. The zero-order valence-corrected chi connectivity index (χ0v) is 21.1. The van der Waals surface area contributed by atoms with Crippen LogP contribution in [0.3, 0.4) is 0 Å². The number of aromatic nitrogens is 7. The third-order valence-corrected chi connectivity index (χ3v) is 5.79. The Morgan fingerprint density at radius 1 is 0.972 bits per heavy atom. The Morgan fingerprint density at radius 3 is 2.28 bits per heavy atom. The van der Waals surface area contributed by atoms with E-state index in [1.807, 2.05) is 63.4 Å². The number of benzene rings is 1. The molecule has 0 saturated heterocycles. The van der Waals surface area contributed by atoms with Crippen molar-refractivity contribution in [3.63, 3.8) is 0 Å². The number of rotatable bonds is 7. The maximum absolute atomic E-state index is 13.2. The van der Waals surface area contributed by atoms with Gasteiger partial charge in [-0.25, -0.2) is 15.0 Å². The summed E-state index contributed by atoms with van der Waals surface area (Å²) in [6, 6.07) is 7.31. The molecule has 0 spiro atoms. The van der Waals surface area contributed by atoms with Gasteiger partial charge in [-0.3, -0.25) is 4.68 Å². The van der Waals surface area contributed by atoms with Crippen LogP contribution in [0.5, 0.6) is 0 Å². The number of anilines is 1. The highest BCUT2D eigenvalue weighted by Gasteiger charge is 2.35. The molecule has 0 aliphatic rings. The first-order chi connectivity index (χ1) is 17.0. The summed E-state index contributed by atoms with van der Waals surface area (Å²) >= 11 is 0. The number of imidazole rings is 1. The van der Waals surface area contributed by atoms with Crippen molar-refractivity contribution in [1.82, 2.24) is 34.3 Å². The van der Waals surface area contributed by atoms with Crippen LogP contribution >= 0.6 is 0 Å². The lowest BCUT2D eigenvalue weighted by atomic mass is 10.1. The van der Waals surface area contributed by atoms with Gasteiger partial charge in [-0.2, -0.15) is 23.3 Å². The van der Waals surface area contributed by atoms with E-state index in [1.54, 1.807) is 22.9 Å². The van der Waals surface area contributed by atoms with E-state index < -0.39 is 11.9 Å². The first-order valence-corrected chi connectivity index (χ1v) is 11.7. The Kier molecular flexibility index (Phi) is 6.83. The van der Waals surface area contributed by atoms with Gasteiger partial charge in [-0.05, 0) is 45.7 Å². The van der Waals surface area contributed by atoms with Crippen LogP contribution in [0.1, 0.15) is 56.6 Å². The van der Waals surface area contributed by atoms with Crippen LogP contribution in [0.2, 0.25) is 0 Å². The molecule has 0 aliphatic heterocycles. The fourth-order valence-corrected chi connectivity index (χ4v) is 3.95. The summed E-state index contributed by atoms with van der Waals surface area (Å²) in [6.45, 7) is 10.2. The normalized spacial score (nSPS) is 12.1. The third kappa shape index (κ3) is 5.09. The van der Waals surface area contributed by atoms with E-state index in [4.69, 9.17) is 0 Å². The average molecular weight is 499 g/mol. The van der Waals surface area contributed by atoms with Crippen LogP contribution in [0.25, 0.3) is 22.9 Å². The Hall–Kier alpha value is -3.76. The smallest absolute Gasteiger partial charge is 0.339 e. The average Bonchev–Trinajstić information content (AvgIpc) is 3.44. The summed E-state index contributed by atoms with van der Waals surface area (Å²) in [4.78, 5) is 19.1. The van der Waals surface area contributed by atoms with Gasteiger partial charge in [0, 0.05) is 37.4 Å². The molecule has 0 saturated carbocycles. The van der Waals surface area contributed by atoms with E-state index >= 15 is 0 Å². The number of nitrogens with zero attached hydrogens (tertiary/aromatic N) is 8. The highest BCUT2D eigenvalue weighted by atomic mass is 19.4. The van der Waals surface area contributed by atoms with E-state index in [1.165, 1.54) is 6.33 Å². The van der Waals surface area contributed by atoms with Gasteiger partial charge < -0.3 is 9.47 Å². The molecule has 0 unspecified atom stereocenters. The van der Waals surface area contributed by atoms with Gasteiger partial charge >= 0.3 is 6.18 Å². The van der Waals surface area contributed by atoms with Crippen molar-refractivity contribution in [2.75, 3.05) is 11.9 Å². The molecule has 0 bridgehead atoms. The number of hydrogen-bond acceptors (Lipinski definition) is 6. The molecule has 4 rings (SSSR count). The van der Waals surface area contributed by atoms with E-state index in [0.717, 1.165) is 23.0 Å². The summed E-state index contributed by atoms with van der Waals surface area (Å²) in [5, 5.41) is 4.43. The van der Waals surface area contributed by atoms with Crippen LogP contribution in [0.4, 0.5) is 19.1 Å². The highest BCUT2D eigenvalue weighted by Crippen LogP contribution is 2.32. The molecule has 0 N–H and O–H groups in total. The number of alkyl halides is 3. The first-order valence-electron chi connectivity index (χ1n) is 11.7. The standard InChI is InChI=1S/C25H29F3N8/c1-15(2)35-13-20(25(26,27)28)32-23(35)19-9-7-18(8-10-19)12-34(6)24-30-14-29-22(33-24)21-17(5)11-31-36(21)16(3)4/h7-11,13-16H,12H2,1-6H3. The largest absolute Gasteiger partial charge is 0.434 e. The van der Waals surface area contributed by atoms with Gasteiger partial charge in [-0.15, -0.1) is 0 Å². The fraction of sp³-hybridized carbons (Fsp3) is 0.400. The van der Waals surface area contributed by atoms with Crippen molar-refractivity contribution in [2.24, 2.45) is 0 Å². The topological polar surface area (TPSA) is 77.5 Å². The maximum atomic E-state index is 13.2. The molecule has 0 aliphatic carbocycles. The zero-order chi connectivity index (χ0) is 26.2. The van der Waals surface area contributed by atoms with Gasteiger partial charge in [-0.1, -0.05) is 24.3 Å². The lowest BCUT2D eigenvalue weighted by Crippen LogP contribution is -2.20. The SMILES string of the molecule is Cc1cnn(C(C)C)c1-c1ncnc(N(C)Cc2ccc(-c3nc(C(F)(F)F)cn3C(C)C)cc2)n1. The monoisotopic (exact) mass is 498 g/mol. The minimum Gasteiger partial charge on any atom is -0.339 e. The van der Waals surface area contributed by atoms with Gasteiger partial charge in [0.2, 0.25) is 5.95 Å². The predicted octanol–water partition coefficient (Wildman–Crippen LogP) is 5.72. The molecular formula is C25H29F3N8. The summed E-state index contributed by atoms with van der Waals surface area (Å²) in [7, 11) is 1.88. The minimum atomic E-state index is -4.49. The fourth-order valence-electron chi connectivity index (χ4n) is 3.95. The Balaban J connectivity index is 1.56. The highest BCUT2D eigenvalue weighted by molar-refractivity contribution is 5.58. The molecule has 0 fully saturated rings. The van der Waals surface area contributed by atoms with Crippen LogP contribution in [-0.2, 0) is 12.7 Å². The molecule has 0 radical (unpaired) electrons. The van der Waals surface area contributed by atoms with Crippen LogP contribution < -0.4 is 4.90 Å². The van der Waals surface area contributed by atoms with Crippen molar-refractivity contribution in [3.05, 3.63) is 59.8 Å². The Morgan fingerprint density at radius 2 is 1.67 bits per heavy atom.